The van der Waals surface area contributed by atoms with Crippen molar-refractivity contribution < 1.29 is 27.4 Å². The number of alkyl halides is 3. The SMILES string of the molecule is COc1ccc(CCCC(=O)CCc2ccc(C(F)(F)F)cc2)nc1OC. The molecule has 0 atom stereocenters. The van der Waals surface area contributed by atoms with Crippen LogP contribution in [0.2, 0.25) is 0 Å². The fourth-order valence-electron chi connectivity index (χ4n) is 2.64. The lowest BCUT2D eigenvalue weighted by molar-refractivity contribution is -0.137. The van der Waals surface area contributed by atoms with Gasteiger partial charge in [-0.15, -0.1) is 0 Å². The molecule has 0 radical (unpaired) electrons. The quantitative estimate of drug-likeness (QED) is 0.635. The maximum Gasteiger partial charge on any atom is 0.416 e. The van der Waals surface area contributed by atoms with E-state index >= 15 is 0 Å². The van der Waals surface area contributed by atoms with E-state index in [1.807, 2.05) is 6.07 Å². The lowest BCUT2D eigenvalue weighted by Gasteiger charge is -2.08. The number of carbonyl (C=O) groups is 1. The Hall–Kier alpha value is -2.57. The lowest BCUT2D eigenvalue weighted by atomic mass is 10.0. The van der Waals surface area contributed by atoms with Crippen molar-refractivity contribution in [2.24, 2.45) is 0 Å². The fraction of sp³-hybridized carbons (Fsp3) is 0.400. The molecule has 0 amide bonds. The Labute approximate surface area is 156 Å². The van der Waals surface area contributed by atoms with Crippen molar-refractivity contribution in [2.75, 3.05) is 14.2 Å². The molecule has 0 fully saturated rings. The summed E-state index contributed by atoms with van der Waals surface area (Å²) in [5, 5.41) is 0. The Balaban J connectivity index is 1.76. The van der Waals surface area contributed by atoms with Gasteiger partial charge in [-0.25, -0.2) is 4.98 Å². The smallest absolute Gasteiger partial charge is 0.416 e. The van der Waals surface area contributed by atoms with Crippen molar-refractivity contribution in [1.29, 1.82) is 0 Å². The largest absolute Gasteiger partial charge is 0.491 e. The van der Waals surface area contributed by atoms with Crippen LogP contribution in [0.1, 0.15) is 36.1 Å². The number of Topliss-reactive ketones (excluding diaryl/α,β-unsaturated/α-hetero) is 1. The van der Waals surface area contributed by atoms with Gasteiger partial charge in [-0.1, -0.05) is 12.1 Å². The molecule has 7 heteroatoms. The zero-order valence-corrected chi connectivity index (χ0v) is 15.3. The van der Waals surface area contributed by atoms with Crippen LogP contribution in [-0.4, -0.2) is 25.0 Å². The first-order chi connectivity index (χ1) is 12.8. The van der Waals surface area contributed by atoms with Crippen LogP contribution < -0.4 is 9.47 Å². The molecular weight excluding hydrogens is 359 g/mol. The van der Waals surface area contributed by atoms with Gasteiger partial charge in [0.15, 0.2) is 5.75 Å². The number of rotatable bonds is 9. The van der Waals surface area contributed by atoms with Crippen LogP contribution in [0.15, 0.2) is 36.4 Å². The first kappa shape index (κ1) is 20.7. The number of methoxy groups -OCH3 is 2. The Morgan fingerprint density at radius 3 is 2.26 bits per heavy atom. The Bertz CT molecular complexity index is 758. The summed E-state index contributed by atoms with van der Waals surface area (Å²) in [5.74, 6) is 1.04. The minimum Gasteiger partial charge on any atom is -0.491 e. The van der Waals surface area contributed by atoms with Gasteiger partial charge in [0.25, 0.3) is 5.88 Å². The molecule has 27 heavy (non-hydrogen) atoms. The molecule has 0 saturated heterocycles. The number of pyridine rings is 1. The summed E-state index contributed by atoms with van der Waals surface area (Å²) < 4.78 is 47.9. The maximum atomic E-state index is 12.5. The van der Waals surface area contributed by atoms with Crippen LogP contribution in [0.5, 0.6) is 11.6 Å². The molecule has 1 aromatic carbocycles. The highest BCUT2D eigenvalue weighted by atomic mass is 19.4. The van der Waals surface area contributed by atoms with E-state index in [1.54, 1.807) is 6.07 Å². The molecule has 0 N–H and O–H groups in total. The third-order valence-electron chi connectivity index (χ3n) is 4.16. The maximum absolute atomic E-state index is 12.5. The normalized spacial score (nSPS) is 11.3. The molecule has 146 valence electrons. The first-order valence-electron chi connectivity index (χ1n) is 8.59. The monoisotopic (exact) mass is 381 g/mol. The van der Waals surface area contributed by atoms with E-state index in [-0.39, 0.29) is 5.78 Å². The molecule has 0 saturated carbocycles. The van der Waals surface area contributed by atoms with Crippen LogP contribution in [-0.2, 0) is 23.8 Å². The molecule has 2 aromatic rings. The van der Waals surface area contributed by atoms with Gasteiger partial charge < -0.3 is 9.47 Å². The van der Waals surface area contributed by atoms with E-state index in [4.69, 9.17) is 9.47 Å². The summed E-state index contributed by atoms with van der Waals surface area (Å²) in [4.78, 5) is 16.3. The number of carbonyl (C=O) groups excluding carboxylic acids is 1. The van der Waals surface area contributed by atoms with E-state index < -0.39 is 11.7 Å². The van der Waals surface area contributed by atoms with Gasteiger partial charge in [-0.2, -0.15) is 13.2 Å². The number of ether oxygens (including phenoxy) is 2. The van der Waals surface area contributed by atoms with Crippen molar-refractivity contribution in [2.45, 2.75) is 38.3 Å². The molecule has 1 aromatic heterocycles. The Kier molecular flexibility index (Phi) is 7.21. The second-order valence-electron chi connectivity index (χ2n) is 6.10. The predicted molar refractivity (Wildman–Crippen MR) is 95.1 cm³/mol. The molecule has 0 aliphatic rings. The number of benzene rings is 1. The molecule has 0 aliphatic carbocycles. The average Bonchev–Trinajstić information content (AvgIpc) is 2.65. The third kappa shape index (κ3) is 6.27. The van der Waals surface area contributed by atoms with Gasteiger partial charge in [0.1, 0.15) is 5.78 Å². The van der Waals surface area contributed by atoms with E-state index in [2.05, 4.69) is 4.98 Å². The minimum atomic E-state index is -4.34. The van der Waals surface area contributed by atoms with E-state index in [0.717, 1.165) is 23.4 Å². The molecule has 1 heterocycles. The zero-order chi connectivity index (χ0) is 19.9. The summed E-state index contributed by atoms with van der Waals surface area (Å²) in [6, 6.07) is 8.53. The van der Waals surface area contributed by atoms with Crippen molar-refractivity contribution >= 4 is 5.78 Å². The van der Waals surface area contributed by atoms with Gasteiger partial charge >= 0.3 is 6.18 Å². The molecule has 0 bridgehead atoms. The number of hydrogen-bond acceptors (Lipinski definition) is 4. The highest BCUT2D eigenvalue weighted by Gasteiger charge is 2.29. The van der Waals surface area contributed by atoms with Crippen molar-refractivity contribution in [1.82, 2.24) is 4.98 Å². The van der Waals surface area contributed by atoms with Crippen LogP contribution in [0.25, 0.3) is 0 Å². The average molecular weight is 381 g/mol. The number of ketones is 1. The fourth-order valence-corrected chi connectivity index (χ4v) is 2.64. The number of aromatic nitrogens is 1. The molecule has 0 spiro atoms. The van der Waals surface area contributed by atoms with Gasteiger partial charge in [0, 0.05) is 18.5 Å². The highest BCUT2D eigenvalue weighted by Crippen LogP contribution is 2.29. The van der Waals surface area contributed by atoms with Crippen LogP contribution in [0.3, 0.4) is 0 Å². The van der Waals surface area contributed by atoms with E-state index in [1.165, 1.54) is 26.4 Å². The second-order valence-corrected chi connectivity index (χ2v) is 6.10. The first-order valence-corrected chi connectivity index (χ1v) is 8.59. The molecule has 2 rings (SSSR count). The summed E-state index contributed by atoms with van der Waals surface area (Å²) >= 11 is 0. The van der Waals surface area contributed by atoms with Gasteiger partial charge in [-0.3, -0.25) is 4.79 Å². The molecular formula is C20H22F3NO3. The molecule has 0 unspecified atom stereocenters. The van der Waals surface area contributed by atoms with E-state index in [9.17, 15) is 18.0 Å². The summed E-state index contributed by atoms with van der Waals surface area (Å²) in [5.41, 5.74) is 0.848. The third-order valence-corrected chi connectivity index (χ3v) is 4.16. The van der Waals surface area contributed by atoms with Crippen molar-refractivity contribution in [3.05, 3.63) is 53.2 Å². The van der Waals surface area contributed by atoms with Crippen LogP contribution >= 0.6 is 0 Å². The van der Waals surface area contributed by atoms with Crippen LogP contribution in [0.4, 0.5) is 13.2 Å². The van der Waals surface area contributed by atoms with Crippen molar-refractivity contribution in [3.8, 4) is 11.6 Å². The standard InChI is InChI=1S/C20H22F3NO3/c1-26-18-13-11-16(24-19(18)27-2)4-3-5-17(25)12-8-14-6-9-15(10-7-14)20(21,22)23/h6-7,9-11,13H,3-5,8,12H2,1-2H3. The molecule has 4 nitrogen and oxygen atoms in total. The van der Waals surface area contributed by atoms with Gasteiger partial charge in [0.2, 0.25) is 0 Å². The van der Waals surface area contributed by atoms with E-state index in [0.29, 0.717) is 43.7 Å². The number of halogens is 3. The highest BCUT2D eigenvalue weighted by molar-refractivity contribution is 5.78. The number of aryl methyl sites for hydroxylation is 2. The zero-order valence-electron chi connectivity index (χ0n) is 15.3. The lowest BCUT2D eigenvalue weighted by Crippen LogP contribution is -2.05. The number of nitrogens with zero attached hydrogens (tertiary/aromatic N) is 1. The molecule has 0 aliphatic heterocycles. The Morgan fingerprint density at radius 1 is 0.963 bits per heavy atom. The van der Waals surface area contributed by atoms with Gasteiger partial charge in [0.05, 0.1) is 19.8 Å². The minimum absolute atomic E-state index is 0.0791. The number of hydrogen-bond donors (Lipinski definition) is 0. The topological polar surface area (TPSA) is 48.4 Å². The summed E-state index contributed by atoms with van der Waals surface area (Å²) in [7, 11) is 3.05. The second kappa shape index (κ2) is 9.39. The Morgan fingerprint density at radius 2 is 1.67 bits per heavy atom. The summed E-state index contributed by atoms with van der Waals surface area (Å²) in [6.07, 6.45) is -1.92. The van der Waals surface area contributed by atoms with Crippen molar-refractivity contribution in [3.63, 3.8) is 0 Å². The van der Waals surface area contributed by atoms with Crippen LogP contribution in [0, 0.1) is 0 Å². The van der Waals surface area contributed by atoms with Gasteiger partial charge in [-0.05, 0) is 49.1 Å². The summed E-state index contributed by atoms with van der Waals surface area (Å²) in [6.45, 7) is 0. The predicted octanol–water partition coefficient (Wildman–Crippen LogP) is 4.64.